The first-order valence-electron chi connectivity index (χ1n) is 7.93. The Morgan fingerprint density at radius 3 is 2.38 bits per heavy atom. The molecule has 26 heavy (non-hydrogen) atoms. The summed E-state index contributed by atoms with van der Waals surface area (Å²) in [6.45, 7) is -0.591. The Balaban J connectivity index is 2.15. The lowest BCUT2D eigenvalue weighted by Gasteiger charge is -2.39. The zero-order valence-corrected chi connectivity index (χ0v) is 14.7. The summed E-state index contributed by atoms with van der Waals surface area (Å²) in [6.07, 6.45) is -7.32. The largest absolute Gasteiger partial charge is 0.449 e. The van der Waals surface area contributed by atoms with Crippen LogP contribution in [0.5, 0.6) is 0 Å². The zero-order chi connectivity index (χ0) is 19.7. The summed E-state index contributed by atoms with van der Waals surface area (Å²) in [5.74, 6) is -0.472. The standard InChI is InChI=1S/C13H25NO11S/c15-7-8-9(16)10(17)11(18)12(25-8)23-4-2-5-24-13(19)14-3-1-6-26(20,21)22/h8-12,15-18H,1-7H2,(H,14,19)(H,20,21,22)/t8-,9-,10?,11-,12-/m1/s1. The summed E-state index contributed by atoms with van der Waals surface area (Å²) in [4.78, 5) is 11.3. The first-order valence-corrected chi connectivity index (χ1v) is 9.54. The lowest BCUT2D eigenvalue weighted by Crippen LogP contribution is -2.59. The Morgan fingerprint density at radius 1 is 1.08 bits per heavy atom. The highest BCUT2D eigenvalue weighted by Crippen LogP contribution is 2.21. The molecule has 12 nitrogen and oxygen atoms in total. The summed E-state index contributed by atoms with van der Waals surface area (Å²) >= 11 is 0. The molecular formula is C13H25NO11S. The van der Waals surface area contributed by atoms with Crippen LogP contribution in [0.3, 0.4) is 0 Å². The SMILES string of the molecule is O=C(NCCCS(=O)(=O)O)OCCCO[C@@H]1O[C@H](CO)[C@@H](O)C(O)[C@H]1O. The van der Waals surface area contributed by atoms with Crippen LogP contribution in [0.25, 0.3) is 0 Å². The van der Waals surface area contributed by atoms with Gasteiger partial charge in [-0.25, -0.2) is 4.79 Å². The van der Waals surface area contributed by atoms with E-state index >= 15 is 0 Å². The van der Waals surface area contributed by atoms with Crippen molar-refractivity contribution in [2.24, 2.45) is 0 Å². The van der Waals surface area contributed by atoms with Crippen LogP contribution in [0.1, 0.15) is 12.8 Å². The monoisotopic (exact) mass is 403 g/mol. The average molecular weight is 403 g/mol. The van der Waals surface area contributed by atoms with Crippen molar-refractivity contribution in [1.82, 2.24) is 5.32 Å². The number of nitrogens with one attached hydrogen (secondary N) is 1. The van der Waals surface area contributed by atoms with Gasteiger partial charge in [-0.05, 0) is 6.42 Å². The maximum atomic E-state index is 11.3. The third kappa shape index (κ3) is 8.09. The van der Waals surface area contributed by atoms with Crippen molar-refractivity contribution in [2.45, 2.75) is 43.5 Å². The molecule has 0 aromatic rings. The Bertz CT molecular complexity index is 526. The first kappa shape index (κ1) is 23.0. The minimum absolute atomic E-state index is 0.00126. The molecule has 0 radical (unpaired) electrons. The van der Waals surface area contributed by atoms with Gasteiger partial charge in [0.1, 0.15) is 24.4 Å². The molecule has 6 N–H and O–H groups in total. The van der Waals surface area contributed by atoms with Gasteiger partial charge in [-0.3, -0.25) is 4.55 Å². The smallest absolute Gasteiger partial charge is 0.407 e. The molecular weight excluding hydrogens is 378 g/mol. The van der Waals surface area contributed by atoms with Gasteiger partial charge in [-0.1, -0.05) is 0 Å². The van der Waals surface area contributed by atoms with Crippen LogP contribution >= 0.6 is 0 Å². The van der Waals surface area contributed by atoms with Crippen LogP contribution in [0.15, 0.2) is 0 Å². The fraction of sp³-hybridized carbons (Fsp3) is 0.923. The van der Waals surface area contributed by atoms with Crippen molar-refractivity contribution in [2.75, 3.05) is 32.1 Å². The molecule has 1 amide bonds. The third-order valence-electron chi connectivity index (χ3n) is 3.50. The lowest BCUT2D eigenvalue weighted by atomic mass is 9.99. The molecule has 0 aliphatic carbocycles. The lowest BCUT2D eigenvalue weighted by molar-refractivity contribution is -0.301. The number of alkyl carbamates (subject to hydrolysis) is 1. The highest BCUT2D eigenvalue weighted by atomic mass is 32.2. The molecule has 1 fully saturated rings. The van der Waals surface area contributed by atoms with Crippen molar-refractivity contribution in [1.29, 1.82) is 0 Å². The van der Waals surface area contributed by atoms with Crippen molar-refractivity contribution in [3.8, 4) is 0 Å². The molecule has 0 aromatic carbocycles. The minimum atomic E-state index is -4.07. The number of carbonyl (C=O) groups is 1. The number of hydrogen-bond donors (Lipinski definition) is 6. The summed E-state index contributed by atoms with van der Waals surface area (Å²) in [5.41, 5.74) is 0. The molecule has 5 atom stereocenters. The Labute approximate surface area is 150 Å². The van der Waals surface area contributed by atoms with E-state index in [4.69, 9.17) is 23.9 Å². The van der Waals surface area contributed by atoms with Gasteiger partial charge in [0.05, 0.1) is 25.6 Å². The molecule has 1 rings (SSSR count). The van der Waals surface area contributed by atoms with Crippen molar-refractivity contribution in [3.63, 3.8) is 0 Å². The number of hydrogen-bond acceptors (Lipinski definition) is 10. The number of aliphatic hydroxyl groups excluding tert-OH is 4. The van der Waals surface area contributed by atoms with Crippen LogP contribution < -0.4 is 5.32 Å². The fourth-order valence-electron chi connectivity index (χ4n) is 2.12. The van der Waals surface area contributed by atoms with E-state index in [-0.39, 0.29) is 32.6 Å². The van der Waals surface area contributed by atoms with E-state index in [0.29, 0.717) is 0 Å². The highest BCUT2D eigenvalue weighted by Gasteiger charge is 2.43. The molecule has 0 saturated carbocycles. The predicted molar refractivity (Wildman–Crippen MR) is 84.7 cm³/mol. The Kier molecular flexibility index (Phi) is 9.67. The fourth-order valence-corrected chi connectivity index (χ4v) is 2.63. The van der Waals surface area contributed by atoms with Gasteiger partial charge in [-0.2, -0.15) is 8.42 Å². The number of rotatable bonds is 10. The number of amides is 1. The van der Waals surface area contributed by atoms with Crippen LogP contribution in [0, 0.1) is 0 Å². The maximum Gasteiger partial charge on any atom is 0.407 e. The van der Waals surface area contributed by atoms with Gasteiger partial charge in [0.2, 0.25) is 0 Å². The van der Waals surface area contributed by atoms with Gasteiger partial charge >= 0.3 is 6.09 Å². The summed E-state index contributed by atoms with van der Waals surface area (Å²) in [6, 6.07) is 0. The van der Waals surface area contributed by atoms with Crippen molar-refractivity contribution < 1.29 is 52.4 Å². The van der Waals surface area contributed by atoms with E-state index in [1.165, 1.54) is 0 Å². The van der Waals surface area contributed by atoms with Crippen LogP contribution in [0.2, 0.25) is 0 Å². The Morgan fingerprint density at radius 2 is 1.77 bits per heavy atom. The molecule has 1 heterocycles. The van der Waals surface area contributed by atoms with E-state index < -0.39 is 59.3 Å². The third-order valence-corrected chi connectivity index (χ3v) is 4.31. The molecule has 1 aliphatic heterocycles. The Hall–Kier alpha value is -1.06. The predicted octanol–water partition coefficient (Wildman–Crippen LogP) is -2.80. The van der Waals surface area contributed by atoms with E-state index in [2.05, 4.69) is 5.32 Å². The summed E-state index contributed by atoms with van der Waals surface area (Å²) < 4.78 is 44.6. The number of ether oxygens (including phenoxy) is 3. The quantitative estimate of drug-likeness (QED) is 0.163. The first-order chi connectivity index (χ1) is 12.2. The van der Waals surface area contributed by atoms with E-state index in [0.717, 1.165) is 0 Å². The molecule has 1 aliphatic rings. The van der Waals surface area contributed by atoms with Gasteiger partial charge in [0.25, 0.3) is 10.1 Å². The minimum Gasteiger partial charge on any atom is -0.449 e. The molecule has 0 aromatic heterocycles. The van der Waals surface area contributed by atoms with Crippen molar-refractivity contribution >= 4 is 16.2 Å². The van der Waals surface area contributed by atoms with Crippen molar-refractivity contribution in [3.05, 3.63) is 0 Å². The number of carbonyl (C=O) groups excluding carboxylic acids is 1. The average Bonchev–Trinajstić information content (AvgIpc) is 2.57. The topological polar surface area (TPSA) is 192 Å². The number of aliphatic hydroxyl groups is 4. The van der Waals surface area contributed by atoms with Crippen LogP contribution in [0.4, 0.5) is 4.79 Å². The normalized spacial score (nSPS) is 29.3. The molecule has 154 valence electrons. The van der Waals surface area contributed by atoms with Gasteiger partial charge < -0.3 is 40.0 Å². The molecule has 13 heteroatoms. The van der Waals surface area contributed by atoms with Gasteiger partial charge in [0, 0.05) is 13.0 Å². The maximum absolute atomic E-state index is 11.3. The molecule has 0 spiro atoms. The second-order valence-electron chi connectivity index (χ2n) is 5.62. The summed E-state index contributed by atoms with van der Waals surface area (Å²) in [5, 5.41) is 40.3. The van der Waals surface area contributed by atoms with E-state index in [1.54, 1.807) is 0 Å². The van der Waals surface area contributed by atoms with Gasteiger partial charge in [0.15, 0.2) is 6.29 Å². The molecule has 0 bridgehead atoms. The second-order valence-corrected chi connectivity index (χ2v) is 7.20. The zero-order valence-electron chi connectivity index (χ0n) is 13.9. The highest BCUT2D eigenvalue weighted by molar-refractivity contribution is 7.85. The van der Waals surface area contributed by atoms with Crippen LogP contribution in [-0.4, -0.2) is 102 Å². The second kappa shape index (κ2) is 10.9. The molecule has 1 saturated heterocycles. The van der Waals surface area contributed by atoms with E-state index in [9.17, 15) is 28.5 Å². The van der Waals surface area contributed by atoms with Gasteiger partial charge in [-0.15, -0.1) is 0 Å². The van der Waals surface area contributed by atoms with Crippen LogP contribution in [-0.2, 0) is 24.3 Å². The molecule has 1 unspecified atom stereocenters. The summed E-state index contributed by atoms with van der Waals surface area (Å²) in [7, 11) is -4.07. The van der Waals surface area contributed by atoms with E-state index in [1.807, 2.05) is 0 Å².